The van der Waals surface area contributed by atoms with Crippen LogP contribution < -0.4 is 10.1 Å². The number of nitrogens with zero attached hydrogens (tertiary/aromatic N) is 1. The number of ether oxygens (including phenoxy) is 1. The number of nitrogens with one attached hydrogen (secondary N) is 1. The lowest BCUT2D eigenvalue weighted by Crippen LogP contribution is -2.20. The summed E-state index contributed by atoms with van der Waals surface area (Å²) in [5.41, 5.74) is 1.27. The lowest BCUT2D eigenvalue weighted by atomic mass is 10.1. The quantitative estimate of drug-likeness (QED) is 0.632. The molecule has 2 rings (SSSR count). The van der Waals surface area contributed by atoms with Crippen LogP contribution in [0.5, 0.6) is 5.75 Å². The Kier molecular flexibility index (Phi) is 7.04. The lowest BCUT2D eigenvalue weighted by Gasteiger charge is -2.18. The summed E-state index contributed by atoms with van der Waals surface area (Å²) < 4.78 is 5.41. The molecule has 0 aliphatic heterocycles. The standard InChI is InChI=1S/C18H30N2O/c1-20(15-16-9-5-6-10-18(16)21-2)14-8-4-3-7-13-19-17-11-12-17/h5-6,9-10,17,19H,3-4,7-8,11-15H2,1-2H3. The van der Waals surface area contributed by atoms with Gasteiger partial charge in [0.25, 0.3) is 0 Å². The molecule has 0 bridgehead atoms. The van der Waals surface area contributed by atoms with Crippen molar-refractivity contribution in [2.75, 3.05) is 27.2 Å². The van der Waals surface area contributed by atoms with Crippen molar-refractivity contribution >= 4 is 0 Å². The van der Waals surface area contributed by atoms with Crippen molar-refractivity contribution in [2.24, 2.45) is 0 Å². The van der Waals surface area contributed by atoms with Crippen LogP contribution in [0.25, 0.3) is 0 Å². The molecule has 3 heteroatoms. The molecular weight excluding hydrogens is 260 g/mol. The van der Waals surface area contributed by atoms with Crippen molar-refractivity contribution < 1.29 is 4.74 Å². The Morgan fingerprint density at radius 1 is 1.14 bits per heavy atom. The summed E-state index contributed by atoms with van der Waals surface area (Å²) in [4.78, 5) is 2.39. The van der Waals surface area contributed by atoms with E-state index in [0.29, 0.717) is 0 Å². The van der Waals surface area contributed by atoms with Crippen molar-refractivity contribution in [1.82, 2.24) is 10.2 Å². The molecule has 0 saturated heterocycles. The smallest absolute Gasteiger partial charge is 0.123 e. The number of rotatable bonds is 11. The molecule has 1 aliphatic rings. The summed E-state index contributed by atoms with van der Waals surface area (Å²) in [6.45, 7) is 3.34. The first kappa shape index (κ1) is 16.3. The summed E-state index contributed by atoms with van der Waals surface area (Å²) >= 11 is 0. The number of para-hydroxylation sites is 1. The van der Waals surface area contributed by atoms with E-state index in [2.05, 4.69) is 29.4 Å². The van der Waals surface area contributed by atoms with Gasteiger partial charge in [0.05, 0.1) is 7.11 Å². The topological polar surface area (TPSA) is 24.5 Å². The van der Waals surface area contributed by atoms with Gasteiger partial charge >= 0.3 is 0 Å². The SMILES string of the molecule is COc1ccccc1CN(C)CCCCCCNC1CC1. The Morgan fingerprint density at radius 3 is 2.67 bits per heavy atom. The highest BCUT2D eigenvalue weighted by atomic mass is 16.5. The normalized spacial score (nSPS) is 14.6. The summed E-state index contributed by atoms with van der Waals surface area (Å²) in [5, 5.41) is 3.58. The van der Waals surface area contributed by atoms with Gasteiger partial charge in [0.1, 0.15) is 5.75 Å². The van der Waals surface area contributed by atoms with Gasteiger partial charge in [-0.25, -0.2) is 0 Å². The van der Waals surface area contributed by atoms with Crippen molar-refractivity contribution in [2.45, 2.75) is 51.1 Å². The number of benzene rings is 1. The largest absolute Gasteiger partial charge is 0.496 e. The van der Waals surface area contributed by atoms with Gasteiger partial charge in [-0.3, -0.25) is 0 Å². The number of hydrogen-bond donors (Lipinski definition) is 1. The number of unbranched alkanes of at least 4 members (excludes halogenated alkanes) is 3. The highest BCUT2D eigenvalue weighted by Crippen LogP contribution is 2.19. The van der Waals surface area contributed by atoms with E-state index in [9.17, 15) is 0 Å². The van der Waals surface area contributed by atoms with Gasteiger partial charge in [-0.1, -0.05) is 31.0 Å². The van der Waals surface area contributed by atoms with Crippen molar-refractivity contribution in [1.29, 1.82) is 0 Å². The van der Waals surface area contributed by atoms with Crippen LogP contribution in [0.4, 0.5) is 0 Å². The molecule has 1 aromatic rings. The van der Waals surface area contributed by atoms with Gasteiger partial charge in [-0.15, -0.1) is 0 Å². The minimum absolute atomic E-state index is 0.858. The van der Waals surface area contributed by atoms with Gasteiger partial charge in [0, 0.05) is 18.2 Å². The van der Waals surface area contributed by atoms with Crippen LogP contribution in [0.3, 0.4) is 0 Å². The Labute approximate surface area is 129 Å². The second-order valence-electron chi connectivity index (χ2n) is 6.19. The van der Waals surface area contributed by atoms with Gasteiger partial charge in [-0.05, 0) is 51.9 Å². The maximum atomic E-state index is 5.41. The molecule has 1 saturated carbocycles. The molecule has 0 aromatic heterocycles. The zero-order valence-corrected chi connectivity index (χ0v) is 13.6. The van der Waals surface area contributed by atoms with E-state index in [4.69, 9.17) is 4.74 Å². The monoisotopic (exact) mass is 290 g/mol. The van der Waals surface area contributed by atoms with E-state index in [0.717, 1.165) is 24.9 Å². The number of methoxy groups -OCH3 is 1. The molecule has 0 spiro atoms. The fourth-order valence-corrected chi connectivity index (χ4v) is 2.66. The van der Waals surface area contributed by atoms with E-state index in [1.807, 2.05) is 12.1 Å². The Hall–Kier alpha value is -1.06. The first-order chi connectivity index (χ1) is 10.3. The highest BCUT2D eigenvalue weighted by Gasteiger charge is 2.19. The maximum absolute atomic E-state index is 5.41. The lowest BCUT2D eigenvalue weighted by molar-refractivity contribution is 0.308. The third kappa shape index (κ3) is 6.49. The molecule has 0 radical (unpaired) electrons. The second-order valence-corrected chi connectivity index (χ2v) is 6.19. The third-order valence-corrected chi connectivity index (χ3v) is 4.11. The molecule has 0 amide bonds. The Bertz CT molecular complexity index is 404. The third-order valence-electron chi connectivity index (χ3n) is 4.11. The highest BCUT2D eigenvalue weighted by molar-refractivity contribution is 5.32. The maximum Gasteiger partial charge on any atom is 0.123 e. The van der Waals surface area contributed by atoms with E-state index in [1.165, 1.54) is 50.6 Å². The van der Waals surface area contributed by atoms with Crippen molar-refractivity contribution in [3.05, 3.63) is 29.8 Å². The zero-order chi connectivity index (χ0) is 14.9. The summed E-state index contributed by atoms with van der Waals surface area (Å²) in [5.74, 6) is 0.996. The molecule has 118 valence electrons. The van der Waals surface area contributed by atoms with Gasteiger partial charge in [-0.2, -0.15) is 0 Å². The molecule has 1 aromatic carbocycles. The fraction of sp³-hybridized carbons (Fsp3) is 0.667. The van der Waals surface area contributed by atoms with Crippen LogP contribution in [0.15, 0.2) is 24.3 Å². The van der Waals surface area contributed by atoms with Crippen LogP contribution >= 0.6 is 0 Å². The van der Waals surface area contributed by atoms with E-state index >= 15 is 0 Å². The van der Waals surface area contributed by atoms with Crippen molar-refractivity contribution in [3.8, 4) is 5.75 Å². The fourth-order valence-electron chi connectivity index (χ4n) is 2.66. The molecule has 0 atom stereocenters. The minimum Gasteiger partial charge on any atom is -0.496 e. The molecule has 0 unspecified atom stereocenters. The molecule has 1 fully saturated rings. The molecule has 21 heavy (non-hydrogen) atoms. The van der Waals surface area contributed by atoms with Crippen molar-refractivity contribution in [3.63, 3.8) is 0 Å². The van der Waals surface area contributed by atoms with Gasteiger partial charge in [0.2, 0.25) is 0 Å². The van der Waals surface area contributed by atoms with Crippen LogP contribution in [-0.2, 0) is 6.54 Å². The van der Waals surface area contributed by atoms with E-state index < -0.39 is 0 Å². The molecule has 3 nitrogen and oxygen atoms in total. The predicted octanol–water partition coefficient (Wildman–Crippen LogP) is 3.44. The minimum atomic E-state index is 0.858. The summed E-state index contributed by atoms with van der Waals surface area (Å²) in [6.07, 6.45) is 8.09. The first-order valence-electron chi connectivity index (χ1n) is 8.33. The average molecular weight is 290 g/mol. The molecule has 1 aliphatic carbocycles. The van der Waals surface area contributed by atoms with Gasteiger partial charge < -0.3 is 15.0 Å². The number of hydrogen-bond acceptors (Lipinski definition) is 3. The summed E-state index contributed by atoms with van der Waals surface area (Å²) in [6, 6.07) is 9.16. The second kappa shape index (κ2) is 9.06. The summed E-state index contributed by atoms with van der Waals surface area (Å²) in [7, 11) is 3.94. The average Bonchev–Trinajstić information content (AvgIpc) is 3.31. The molecular formula is C18H30N2O. The van der Waals surface area contributed by atoms with Crippen LogP contribution in [0.2, 0.25) is 0 Å². The molecule has 1 N–H and O–H groups in total. The first-order valence-corrected chi connectivity index (χ1v) is 8.33. The Balaban J connectivity index is 1.53. The van der Waals surface area contributed by atoms with Gasteiger partial charge in [0.15, 0.2) is 0 Å². The van der Waals surface area contributed by atoms with Crippen LogP contribution in [0.1, 0.15) is 44.1 Å². The van der Waals surface area contributed by atoms with Crippen LogP contribution in [-0.4, -0.2) is 38.2 Å². The molecule has 0 heterocycles. The zero-order valence-electron chi connectivity index (χ0n) is 13.6. The predicted molar refractivity (Wildman–Crippen MR) is 88.8 cm³/mol. The van der Waals surface area contributed by atoms with E-state index in [-0.39, 0.29) is 0 Å². The van der Waals surface area contributed by atoms with E-state index in [1.54, 1.807) is 7.11 Å². The Morgan fingerprint density at radius 2 is 1.90 bits per heavy atom. The van der Waals surface area contributed by atoms with Crippen LogP contribution in [0, 0.1) is 0 Å².